The smallest absolute Gasteiger partial charge is 0.414 e. The van der Waals surface area contributed by atoms with Crippen molar-refractivity contribution < 1.29 is 9.53 Å². The van der Waals surface area contributed by atoms with Crippen molar-refractivity contribution in [2.24, 2.45) is 0 Å². The highest BCUT2D eigenvalue weighted by Gasteiger charge is 2.51. The van der Waals surface area contributed by atoms with Crippen molar-refractivity contribution >= 4 is 6.09 Å². The molecule has 3 nitrogen and oxygen atoms in total. The number of fused-ring (bicyclic) bond motifs is 1. The Morgan fingerprint density at radius 3 is 2.88 bits per heavy atom. The van der Waals surface area contributed by atoms with Gasteiger partial charge in [-0.15, -0.1) is 0 Å². The third-order valence-corrected chi connectivity index (χ3v) is 3.59. The molecule has 2 aliphatic rings. The van der Waals surface area contributed by atoms with E-state index in [9.17, 15) is 4.79 Å². The third-order valence-electron chi connectivity index (χ3n) is 3.59. The summed E-state index contributed by atoms with van der Waals surface area (Å²) in [4.78, 5) is 13.5. The van der Waals surface area contributed by atoms with Gasteiger partial charge in [-0.25, -0.2) is 4.79 Å². The second-order valence-corrected chi connectivity index (χ2v) is 5.04. The Morgan fingerprint density at radius 1 is 1.35 bits per heavy atom. The molecule has 0 saturated carbocycles. The minimum Gasteiger partial charge on any atom is -0.446 e. The molecule has 17 heavy (non-hydrogen) atoms. The van der Waals surface area contributed by atoms with E-state index in [-0.39, 0.29) is 12.2 Å². The molecule has 0 radical (unpaired) electrons. The zero-order valence-corrected chi connectivity index (χ0v) is 10.9. The van der Waals surface area contributed by atoms with E-state index >= 15 is 0 Å². The number of amides is 1. The number of rotatable bonds is 6. The van der Waals surface area contributed by atoms with E-state index in [1.807, 2.05) is 4.90 Å². The van der Waals surface area contributed by atoms with Crippen LogP contribution < -0.4 is 0 Å². The minimum absolute atomic E-state index is 0.124. The summed E-state index contributed by atoms with van der Waals surface area (Å²) in [6.07, 6.45) is 10.2. The molecule has 96 valence electrons. The fourth-order valence-electron chi connectivity index (χ4n) is 2.59. The molecule has 2 atom stereocenters. The van der Waals surface area contributed by atoms with Gasteiger partial charge >= 0.3 is 6.09 Å². The molecule has 0 bridgehead atoms. The van der Waals surface area contributed by atoms with Crippen LogP contribution in [0, 0.1) is 0 Å². The van der Waals surface area contributed by atoms with Crippen LogP contribution >= 0.6 is 0 Å². The van der Waals surface area contributed by atoms with Gasteiger partial charge < -0.3 is 4.74 Å². The van der Waals surface area contributed by atoms with Crippen molar-refractivity contribution in [3.8, 4) is 0 Å². The van der Waals surface area contributed by atoms with Crippen LogP contribution in [0.2, 0.25) is 0 Å². The van der Waals surface area contributed by atoms with Gasteiger partial charge in [0, 0.05) is 12.1 Å². The molecule has 0 aliphatic carbocycles. The molecule has 1 amide bonds. The van der Waals surface area contributed by atoms with E-state index < -0.39 is 0 Å². The average Bonchev–Trinajstić information content (AvgIpc) is 2.99. The zero-order valence-electron chi connectivity index (χ0n) is 10.9. The van der Waals surface area contributed by atoms with Crippen molar-refractivity contribution in [1.82, 2.24) is 4.90 Å². The lowest BCUT2D eigenvalue weighted by Gasteiger charge is -2.21. The molecule has 0 spiro atoms. The number of hydrogen-bond donors (Lipinski definition) is 0. The highest BCUT2D eigenvalue weighted by atomic mass is 16.6. The Kier molecular flexibility index (Phi) is 4.08. The largest absolute Gasteiger partial charge is 0.446 e. The molecule has 3 heteroatoms. The SMILES string of the molecule is CCCCC/C=C1\[C@@H]2CC(CCC)OC(=O)N12. The zero-order chi connectivity index (χ0) is 12.3. The Morgan fingerprint density at radius 2 is 2.18 bits per heavy atom. The van der Waals surface area contributed by atoms with E-state index in [4.69, 9.17) is 4.74 Å². The highest BCUT2D eigenvalue weighted by Crippen LogP contribution is 2.42. The first-order valence-electron chi connectivity index (χ1n) is 6.97. The van der Waals surface area contributed by atoms with Gasteiger partial charge in [-0.3, -0.25) is 4.90 Å². The van der Waals surface area contributed by atoms with Crippen molar-refractivity contribution in [2.75, 3.05) is 0 Å². The topological polar surface area (TPSA) is 29.3 Å². The molecule has 2 aliphatic heterocycles. The monoisotopic (exact) mass is 237 g/mol. The Balaban J connectivity index is 1.83. The summed E-state index contributed by atoms with van der Waals surface area (Å²) < 4.78 is 5.38. The number of cyclic esters (lactones) is 1. The predicted molar refractivity (Wildman–Crippen MR) is 67.6 cm³/mol. The van der Waals surface area contributed by atoms with E-state index in [1.165, 1.54) is 25.0 Å². The summed E-state index contributed by atoms with van der Waals surface area (Å²) in [6.45, 7) is 4.34. The second-order valence-electron chi connectivity index (χ2n) is 5.04. The Bertz CT molecular complexity index is 311. The van der Waals surface area contributed by atoms with Gasteiger partial charge in [0.05, 0.1) is 6.04 Å². The molecule has 0 N–H and O–H groups in total. The van der Waals surface area contributed by atoms with Gasteiger partial charge in [-0.2, -0.15) is 0 Å². The first-order valence-corrected chi connectivity index (χ1v) is 6.97. The van der Waals surface area contributed by atoms with Crippen molar-refractivity contribution in [1.29, 1.82) is 0 Å². The third kappa shape index (κ3) is 2.82. The fourth-order valence-corrected chi connectivity index (χ4v) is 2.59. The number of nitrogens with zero attached hydrogens (tertiary/aromatic N) is 1. The normalized spacial score (nSPS) is 29.2. The summed E-state index contributed by atoms with van der Waals surface area (Å²) in [7, 11) is 0. The van der Waals surface area contributed by atoms with Gasteiger partial charge in [-0.1, -0.05) is 39.2 Å². The Hall–Kier alpha value is -0.990. The van der Waals surface area contributed by atoms with Crippen LogP contribution in [0.5, 0.6) is 0 Å². The molecule has 2 rings (SSSR count). The number of carbonyl (C=O) groups excluding carboxylic acids is 1. The maximum atomic E-state index is 11.7. The predicted octanol–water partition coefficient (Wildman–Crippen LogP) is 3.84. The molecule has 0 aromatic heterocycles. The van der Waals surface area contributed by atoms with E-state index in [0.717, 1.165) is 25.7 Å². The van der Waals surface area contributed by atoms with E-state index in [1.54, 1.807) is 0 Å². The summed E-state index contributed by atoms with van der Waals surface area (Å²) in [5.41, 5.74) is 1.21. The van der Waals surface area contributed by atoms with Crippen molar-refractivity contribution in [3.05, 3.63) is 11.8 Å². The number of unbranched alkanes of at least 4 members (excludes halogenated alkanes) is 3. The van der Waals surface area contributed by atoms with Crippen molar-refractivity contribution in [3.63, 3.8) is 0 Å². The molecule has 2 fully saturated rings. The second kappa shape index (κ2) is 5.56. The van der Waals surface area contributed by atoms with Crippen LogP contribution in [-0.4, -0.2) is 23.1 Å². The number of carbonyl (C=O) groups is 1. The number of hydrogen-bond acceptors (Lipinski definition) is 2. The van der Waals surface area contributed by atoms with Gasteiger partial charge in [-0.05, 0) is 19.3 Å². The lowest BCUT2D eigenvalue weighted by atomic mass is 10.1. The summed E-state index contributed by atoms with van der Waals surface area (Å²) in [6, 6.07) is 0.370. The quantitative estimate of drug-likeness (QED) is 0.519. The molecular formula is C14H23NO2. The highest BCUT2D eigenvalue weighted by molar-refractivity contribution is 5.77. The van der Waals surface area contributed by atoms with E-state index in [2.05, 4.69) is 19.9 Å². The first kappa shape index (κ1) is 12.5. The molecular weight excluding hydrogens is 214 g/mol. The van der Waals surface area contributed by atoms with Crippen LogP contribution in [-0.2, 0) is 4.74 Å². The number of ether oxygens (including phenoxy) is 1. The van der Waals surface area contributed by atoms with Gasteiger partial charge in [0.2, 0.25) is 0 Å². The van der Waals surface area contributed by atoms with Gasteiger partial charge in [0.25, 0.3) is 0 Å². The molecule has 1 unspecified atom stereocenters. The van der Waals surface area contributed by atoms with Crippen LogP contribution in [0.1, 0.15) is 58.8 Å². The maximum absolute atomic E-state index is 11.7. The fraction of sp³-hybridized carbons (Fsp3) is 0.786. The lowest BCUT2D eigenvalue weighted by Crippen LogP contribution is -2.30. The summed E-state index contributed by atoms with van der Waals surface area (Å²) >= 11 is 0. The van der Waals surface area contributed by atoms with Crippen LogP contribution in [0.4, 0.5) is 4.79 Å². The van der Waals surface area contributed by atoms with Crippen LogP contribution in [0.25, 0.3) is 0 Å². The maximum Gasteiger partial charge on any atom is 0.414 e. The average molecular weight is 237 g/mol. The summed E-state index contributed by atoms with van der Waals surface area (Å²) in [5, 5.41) is 0. The molecule has 0 aromatic rings. The Labute approximate surface area is 104 Å². The van der Waals surface area contributed by atoms with Gasteiger partial charge in [0.15, 0.2) is 0 Å². The number of allylic oxidation sites excluding steroid dienone is 1. The first-order chi connectivity index (χ1) is 8.27. The molecule has 2 heterocycles. The van der Waals surface area contributed by atoms with Crippen LogP contribution in [0.15, 0.2) is 11.8 Å². The van der Waals surface area contributed by atoms with Crippen molar-refractivity contribution in [2.45, 2.75) is 70.9 Å². The van der Waals surface area contributed by atoms with E-state index in [0.29, 0.717) is 6.04 Å². The molecule has 2 saturated heterocycles. The summed E-state index contributed by atoms with van der Waals surface area (Å²) in [5.74, 6) is 0. The molecule has 0 aromatic carbocycles. The lowest BCUT2D eigenvalue weighted by molar-refractivity contribution is 0.0530. The van der Waals surface area contributed by atoms with Crippen LogP contribution in [0.3, 0.4) is 0 Å². The minimum atomic E-state index is -0.124. The standard InChI is InChI=1S/C14H23NO2/c1-3-5-6-7-9-12-13-10-11(8-4-2)17-14(16)15(12)13/h9,11,13H,3-8,10H2,1-2H3/b12-9+/t11?,13-,15?/m0/s1. The van der Waals surface area contributed by atoms with Gasteiger partial charge in [0.1, 0.15) is 6.10 Å².